The van der Waals surface area contributed by atoms with Gasteiger partial charge in [-0.05, 0) is 36.4 Å². The number of thiophene rings is 1. The lowest BCUT2D eigenvalue weighted by atomic mass is 10.2. The molecule has 1 amide bonds. The van der Waals surface area contributed by atoms with Gasteiger partial charge in [-0.1, -0.05) is 18.2 Å². The zero-order valence-corrected chi connectivity index (χ0v) is 14.6. The second-order valence-electron chi connectivity index (χ2n) is 6.36. The Labute approximate surface area is 149 Å². The lowest BCUT2D eigenvalue weighted by molar-refractivity contribution is -0.132. The van der Waals surface area contributed by atoms with Gasteiger partial charge in [-0.15, -0.1) is 11.3 Å². The van der Waals surface area contributed by atoms with Crippen molar-refractivity contribution >= 4 is 28.1 Å². The van der Waals surface area contributed by atoms with E-state index < -0.39 is 0 Å². The maximum atomic E-state index is 12.7. The van der Waals surface area contributed by atoms with E-state index in [1.807, 2.05) is 34.5 Å². The molecule has 4 rings (SSSR count). The molecule has 0 saturated heterocycles. The van der Waals surface area contributed by atoms with E-state index in [0.29, 0.717) is 42.2 Å². The molecule has 5 nitrogen and oxygen atoms in total. The molecule has 0 radical (unpaired) electrons. The Morgan fingerprint density at radius 3 is 2.84 bits per heavy atom. The topological polar surface area (TPSA) is 66.1 Å². The van der Waals surface area contributed by atoms with Gasteiger partial charge in [0.2, 0.25) is 5.91 Å². The largest absolute Gasteiger partial charge is 0.335 e. The van der Waals surface area contributed by atoms with Gasteiger partial charge in [0.1, 0.15) is 5.82 Å². The molecule has 0 atom stereocenters. The molecule has 128 valence electrons. The Hall–Kier alpha value is -2.47. The summed E-state index contributed by atoms with van der Waals surface area (Å²) in [5.74, 6) is 0.704. The second-order valence-corrected chi connectivity index (χ2v) is 7.39. The number of hydrogen-bond acceptors (Lipinski definition) is 4. The van der Waals surface area contributed by atoms with Crippen molar-refractivity contribution in [2.45, 2.75) is 38.3 Å². The van der Waals surface area contributed by atoms with Crippen LogP contribution in [0.2, 0.25) is 0 Å². The molecule has 1 N–H and O–H groups in total. The van der Waals surface area contributed by atoms with Gasteiger partial charge in [-0.2, -0.15) is 0 Å². The third-order valence-corrected chi connectivity index (χ3v) is 5.31. The fraction of sp³-hybridized carbons (Fsp3) is 0.316. The zero-order chi connectivity index (χ0) is 17.2. The first-order valence-corrected chi connectivity index (χ1v) is 9.38. The molecule has 6 heteroatoms. The minimum Gasteiger partial charge on any atom is -0.335 e. The van der Waals surface area contributed by atoms with Crippen LogP contribution in [0.4, 0.5) is 0 Å². The van der Waals surface area contributed by atoms with Crippen LogP contribution in [-0.4, -0.2) is 26.8 Å². The number of hydrogen-bond donors (Lipinski definition) is 1. The molecule has 1 aliphatic rings. The fourth-order valence-electron chi connectivity index (χ4n) is 3.00. The Bertz CT molecular complexity index is 945. The molecule has 1 fully saturated rings. The van der Waals surface area contributed by atoms with Crippen molar-refractivity contribution < 1.29 is 4.79 Å². The number of aryl methyl sites for hydroxylation is 1. The lowest BCUT2D eigenvalue weighted by Gasteiger charge is -2.21. The summed E-state index contributed by atoms with van der Waals surface area (Å²) < 4.78 is 0. The van der Waals surface area contributed by atoms with E-state index >= 15 is 0 Å². The van der Waals surface area contributed by atoms with Gasteiger partial charge in [-0.3, -0.25) is 9.59 Å². The Balaban J connectivity index is 1.46. The van der Waals surface area contributed by atoms with Crippen LogP contribution in [0.15, 0.2) is 46.6 Å². The molecule has 25 heavy (non-hydrogen) atoms. The van der Waals surface area contributed by atoms with Crippen LogP contribution >= 0.6 is 11.3 Å². The first-order valence-electron chi connectivity index (χ1n) is 8.50. The average molecular weight is 353 g/mol. The molecule has 3 aromatic rings. The maximum absolute atomic E-state index is 12.7. The summed E-state index contributed by atoms with van der Waals surface area (Å²) in [6, 6.07) is 11.7. The van der Waals surface area contributed by atoms with E-state index in [4.69, 9.17) is 0 Å². The molecule has 0 aliphatic heterocycles. The van der Waals surface area contributed by atoms with Crippen molar-refractivity contribution in [1.29, 1.82) is 0 Å². The molecule has 0 bridgehead atoms. The second kappa shape index (κ2) is 6.80. The number of nitrogens with one attached hydrogen (secondary N) is 1. The van der Waals surface area contributed by atoms with Crippen LogP contribution in [0, 0.1) is 0 Å². The molecular weight excluding hydrogens is 334 g/mol. The van der Waals surface area contributed by atoms with Gasteiger partial charge < -0.3 is 9.88 Å². The van der Waals surface area contributed by atoms with E-state index in [9.17, 15) is 9.59 Å². The van der Waals surface area contributed by atoms with E-state index in [-0.39, 0.29) is 11.5 Å². The predicted octanol–water partition coefficient (Wildman–Crippen LogP) is 3.11. The highest BCUT2D eigenvalue weighted by Gasteiger charge is 2.32. The monoisotopic (exact) mass is 353 g/mol. The van der Waals surface area contributed by atoms with Gasteiger partial charge in [0.15, 0.2) is 0 Å². The number of fused-ring (bicyclic) bond motifs is 1. The summed E-state index contributed by atoms with van der Waals surface area (Å²) in [5.41, 5.74) is 0.525. The predicted molar refractivity (Wildman–Crippen MR) is 98.6 cm³/mol. The summed E-state index contributed by atoms with van der Waals surface area (Å²) in [6.45, 7) is 0.683. The van der Waals surface area contributed by atoms with Crippen LogP contribution < -0.4 is 5.56 Å². The number of carbonyl (C=O) groups is 1. The summed E-state index contributed by atoms with van der Waals surface area (Å²) in [6.07, 6.45) is 2.99. The number of benzene rings is 1. The average Bonchev–Trinajstić information content (AvgIpc) is 3.33. The quantitative estimate of drug-likeness (QED) is 0.740. The highest BCUT2D eigenvalue weighted by molar-refractivity contribution is 7.09. The Morgan fingerprint density at radius 2 is 2.08 bits per heavy atom. The lowest BCUT2D eigenvalue weighted by Crippen LogP contribution is -2.32. The summed E-state index contributed by atoms with van der Waals surface area (Å²) in [7, 11) is 0. The fourth-order valence-corrected chi connectivity index (χ4v) is 3.70. The van der Waals surface area contributed by atoms with Crippen molar-refractivity contribution in [3.8, 4) is 0 Å². The molecule has 1 aromatic carbocycles. The van der Waals surface area contributed by atoms with Crippen LogP contribution in [0.25, 0.3) is 10.9 Å². The summed E-state index contributed by atoms with van der Waals surface area (Å²) >= 11 is 1.68. The van der Waals surface area contributed by atoms with Crippen LogP contribution in [0.3, 0.4) is 0 Å². The number of rotatable bonds is 6. The molecule has 2 aromatic heterocycles. The number of aromatic nitrogens is 2. The number of para-hydroxylation sites is 1. The van der Waals surface area contributed by atoms with E-state index in [1.165, 1.54) is 4.88 Å². The Morgan fingerprint density at radius 1 is 1.24 bits per heavy atom. The van der Waals surface area contributed by atoms with Crippen LogP contribution in [0.1, 0.15) is 30.0 Å². The third-order valence-electron chi connectivity index (χ3n) is 4.45. The minimum absolute atomic E-state index is 0.131. The summed E-state index contributed by atoms with van der Waals surface area (Å²) in [4.78, 5) is 35.3. The smallest absolute Gasteiger partial charge is 0.258 e. The molecule has 1 saturated carbocycles. The van der Waals surface area contributed by atoms with E-state index in [2.05, 4.69) is 16.0 Å². The van der Waals surface area contributed by atoms with Gasteiger partial charge in [0.25, 0.3) is 5.56 Å². The molecule has 0 spiro atoms. The molecule has 0 unspecified atom stereocenters. The van der Waals surface area contributed by atoms with Crippen molar-refractivity contribution in [2.24, 2.45) is 0 Å². The SMILES string of the molecule is O=C(CCc1nc2ccccc2c(=O)[nH]1)N(Cc1cccs1)C1CC1. The molecule has 2 heterocycles. The van der Waals surface area contributed by atoms with Crippen molar-refractivity contribution in [3.63, 3.8) is 0 Å². The highest BCUT2D eigenvalue weighted by Crippen LogP contribution is 2.30. The Kier molecular flexibility index (Phi) is 4.36. The van der Waals surface area contributed by atoms with Crippen LogP contribution in [0.5, 0.6) is 0 Å². The minimum atomic E-state index is -0.148. The van der Waals surface area contributed by atoms with Crippen molar-refractivity contribution in [3.05, 3.63) is 62.8 Å². The molecule has 1 aliphatic carbocycles. The van der Waals surface area contributed by atoms with Crippen LogP contribution in [-0.2, 0) is 17.8 Å². The highest BCUT2D eigenvalue weighted by atomic mass is 32.1. The van der Waals surface area contributed by atoms with Gasteiger partial charge in [0.05, 0.1) is 17.4 Å². The summed E-state index contributed by atoms with van der Waals surface area (Å²) in [5, 5.41) is 2.61. The first-order chi connectivity index (χ1) is 12.2. The van der Waals surface area contributed by atoms with Crippen molar-refractivity contribution in [2.75, 3.05) is 0 Å². The van der Waals surface area contributed by atoms with Crippen molar-refractivity contribution in [1.82, 2.24) is 14.9 Å². The normalized spacial score (nSPS) is 13.9. The van der Waals surface area contributed by atoms with Gasteiger partial charge in [0, 0.05) is 23.8 Å². The van der Waals surface area contributed by atoms with Gasteiger partial charge >= 0.3 is 0 Å². The van der Waals surface area contributed by atoms with Gasteiger partial charge in [-0.25, -0.2) is 4.98 Å². The number of aromatic amines is 1. The third kappa shape index (κ3) is 3.64. The maximum Gasteiger partial charge on any atom is 0.258 e. The zero-order valence-electron chi connectivity index (χ0n) is 13.8. The van der Waals surface area contributed by atoms with E-state index in [1.54, 1.807) is 17.4 Å². The number of H-pyrrole nitrogens is 1. The number of nitrogens with zero attached hydrogens (tertiary/aromatic N) is 2. The first kappa shape index (κ1) is 16.0. The molecular formula is C19H19N3O2S. The number of carbonyl (C=O) groups excluding carboxylic acids is 1. The standard InChI is InChI=1S/C19H19N3O2S/c23-18(22(13-7-8-13)12-14-4-3-11-25-14)10-9-17-20-16-6-2-1-5-15(16)19(24)21-17/h1-6,11,13H,7-10,12H2,(H,20,21,24). The van der Waals surface area contributed by atoms with E-state index in [0.717, 1.165) is 12.8 Å². The number of amides is 1.